The van der Waals surface area contributed by atoms with Crippen molar-refractivity contribution in [2.24, 2.45) is 5.41 Å². The van der Waals surface area contributed by atoms with Crippen LogP contribution in [-0.2, 0) is 35.2 Å². The fourth-order valence-corrected chi connectivity index (χ4v) is 12.5. The summed E-state index contributed by atoms with van der Waals surface area (Å²) in [5, 5.41) is 2.35. The zero-order valence-electron chi connectivity index (χ0n) is 31.2. The lowest BCUT2D eigenvalue weighted by atomic mass is 10.1. The maximum Gasteiger partial charge on any atom is 0.328 e. The van der Waals surface area contributed by atoms with Gasteiger partial charge in [-0.15, -0.1) is 0 Å². The minimum Gasteiger partial charge on any atom is -0.406 e. The van der Waals surface area contributed by atoms with Crippen LogP contribution >= 0.6 is 0 Å². The summed E-state index contributed by atoms with van der Waals surface area (Å²) in [5.41, 5.74) is 3.44. The van der Waals surface area contributed by atoms with Gasteiger partial charge in [-0.1, -0.05) is 93.3 Å². The first-order valence-corrected chi connectivity index (χ1v) is 22.0. The Labute approximate surface area is 314 Å². The summed E-state index contributed by atoms with van der Waals surface area (Å²) in [6.07, 6.45) is 6.28. The largest absolute Gasteiger partial charge is 0.406 e. The van der Waals surface area contributed by atoms with Gasteiger partial charge >= 0.3 is 6.03 Å². The molecule has 2 aliphatic heterocycles. The van der Waals surface area contributed by atoms with Crippen LogP contribution in [0, 0.1) is 29.1 Å². The van der Waals surface area contributed by atoms with E-state index in [-0.39, 0.29) is 36.0 Å². The first kappa shape index (κ1) is 38.5. The average Bonchev–Trinajstić information content (AvgIpc) is 3.70. The highest BCUT2D eigenvalue weighted by molar-refractivity contribution is 7.92. The number of ether oxygens (including phenoxy) is 1. The van der Waals surface area contributed by atoms with Gasteiger partial charge < -0.3 is 14.1 Å². The first-order valence-electron chi connectivity index (χ1n) is 18.2. The Morgan fingerprint density at radius 2 is 1.68 bits per heavy atom. The molecule has 0 bridgehead atoms. The Morgan fingerprint density at radius 1 is 1.02 bits per heavy atom. The predicted molar refractivity (Wildman–Crippen MR) is 206 cm³/mol. The first-order chi connectivity index (χ1) is 25.2. The van der Waals surface area contributed by atoms with E-state index in [0.29, 0.717) is 25.2 Å². The number of hydroxylamine groups is 1. The van der Waals surface area contributed by atoms with Crippen molar-refractivity contribution in [3.8, 4) is 23.7 Å². The van der Waals surface area contributed by atoms with Crippen molar-refractivity contribution in [3.05, 3.63) is 84.2 Å². The monoisotopic (exact) mass is 755 g/mol. The van der Waals surface area contributed by atoms with Crippen LogP contribution < -0.4 is 15.9 Å². The van der Waals surface area contributed by atoms with E-state index in [0.717, 1.165) is 37.6 Å². The van der Waals surface area contributed by atoms with Crippen LogP contribution in [0.5, 0.6) is 0 Å². The summed E-state index contributed by atoms with van der Waals surface area (Å²) in [6, 6.07) is 22.7. The zero-order chi connectivity index (χ0) is 37.9. The second-order valence-electron chi connectivity index (χ2n) is 15.6. The molecule has 1 aliphatic carbocycles. The van der Waals surface area contributed by atoms with E-state index in [1.54, 1.807) is 6.20 Å². The minimum atomic E-state index is -3.86. The zero-order valence-corrected chi connectivity index (χ0v) is 33.1. The van der Waals surface area contributed by atoms with E-state index in [1.165, 1.54) is 26.8 Å². The summed E-state index contributed by atoms with van der Waals surface area (Å²) in [4.78, 5) is 33.2. The molecule has 3 aliphatic rings. The van der Waals surface area contributed by atoms with E-state index < -0.39 is 35.1 Å². The maximum atomic E-state index is 13.3. The number of aromatic nitrogens is 1. The number of fused-ring (bicyclic) bond motifs is 1. The molecule has 3 aromatic rings. The standard InChI is InChI=1S/C41H49N3O7SSi/c1-39(2,3)53(34-17-8-6-9-18-34,35-19-10-7-11-20-35)50-31-41(23-24-41)22-14-12-16-32-28-33-30-43(38(46)44(33)29-32)26-25-40(4,52(5,47)48)37(45)42-51-36-21-13-15-27-49-36/h6-11,17-20,28-29,36H,13,15,21,23-27,30-31H2,1-5H3,(H,42,45)/t36?,40-/m1/s1. The minimum absolute atomic E-state index is 0.0575. The van der Waals surface area contributed by atoms with Crippen LogP contribution in [-0.4, -0.2) is 75.2 Å². The molecule has 3 heterocycles. The van der Waals surface area contributed by atoms with Crippen LogP contribution in [0.3, 0.4) is 0 Å². The number of sulfone groups is 1. The third-order valence-corrected chi connectivity index (χ3v) is 17.7. The molecule has 2 amide bonds. The number of rotatable bonds is 12. The lowest BCUT2D eigenvalue weighted by molar-refractivity contribution is -0.201. The molecule has 1 aromatic heterocycles. The number of hydrogen-bond donors (Lipinski definition) is 1. The number of nitrogens with one attached hydrogen (secondary N) is 1. The summed E-state index contributed by atoms with van der Waals surface area (Å²) in [5.74, 6) is 11.8. The van der Waals surface area contributed by atoms with Crippen molar-refractivity contribution in [1.82, 2.24) is 14.9 Å². The average molecular weight is 756 g/mol. The quantitative estimate of drug-likeness (QED) is 0.161. The molecule has 53 heavy (non-hydrogen) atoms. The Hall–Kier alpha value is -4.17. The van der Waals surface area contributed by atoms with Gasteiger partial charge in [-0.05, 0) is 72.3 Å². The molecule has 10 nitrogen and oxygen atoms in total. The Balaban J connectivity index is 1.09. The van der Waals surface area contributed by atoms with Crippen molar-refractivity contribution in [2.75, 3.05) is 26.0 Å². The van der Waals surface area contributed by atoms with E-state index in [2.05, 4.69) is 98.5 Å². The van der Waals surface area contributed by atoms with Crippen molar-refractivity contribution in [1.29, 1.82) is 0 Å². The topological polar surface area (TPSA) is 116 Å². The predicted octanol–water partition coefficient (Wildman–Crippen LogP) is 4.75. The summed E-state index contributed by atoms with van der Waals surface area (Å²) in [7, 11) is -6.54. The molecule has 0 spiro atoms. The fourth-order valence-electron chi connectivity index (χ4n) is 7.05. The van der Waals surface area contributed by atoms with E-state index in [1.807, 2.05) is 18.2 Å². The Kier molecular flexibility index (Phi) is 11.1. The van der Waals surface area contributed by atoms with E-state index in [4.69, 9.17) is 14.0 Å². The van der Waals surface area contributed by atoms with Gasteiger partial charge in [0.1, 0.15) is 0 Å². The van der Waals surface area contributed by atoms with Gasteiger partial charge in [0.15, 0.2) is 20.9 Å². The van der Waals surface area contributed by atoms with Crippen LogP contribution in [0.25, 0.3) is 0 Å². The number of carbonyl (C=O) groups is 2. The number of amides is 2. The second-order valence-corrected chi connectivity index (χ2v) is 22.4. The van der Waals surface area contributed by atoms with Gasteiger partial charge in [0, 0.05) is 43.3 Å². The van der Waals surface area contributed by atoms with Crippen molar-refractivity contribution in [3.63, 3.8) is 0 Å². The van der Waals surface area contributed by atoms with E-state index >= 15 is 0 Å². The molecule has 2 fully saturated rings. The van der Waals surface area contributed by atoms with Gasteiger partial charge in [0.25, 0.3) is 14.2 Å². The van der Waals surface area contributed by atoms with Gasteiger partial charge in [-0.25, -0.2) is 23.5 Å². The molecule has 2 atom stereocenters. The van der Waals surface area contributed by atoms with Crippen molar-refractivity contribution >= 4 is 40.5 Å². The molecule has 12 heteroatoms. The summed E-state index contributed by atoms with van der Waals surface area (Å²) < 4.78 is 37.9. The third kappa shape index (κ3) is 8.18. The highest BCUT2D eigenvalue weighted by atomic mass is 32.2. The molecule has 1 saturated carbocycles. The number of carbonyl (C=O) groups excluding carboxylic acids is 2. The summed E-state index contributed by atoms with van der Waals surface area (Å²) >= 11 is 0. The number of hydrogen-bond acceptors (Lipinski definition) is 7. The van der Waals surface area contributed by atoms with Gasteiger partial charge in [0.05, 0.1) is 18.6 Å². The van der Waals surface area contributed by atoms with Gasteiger partial charge in [-0.2, -0.15) is 0 Å². The molecule has 280 valence electrons. The Morgan fingerprint density at radius 3 is 2.23 bits per heavy atom. The molecule has 2 aromatic carbocycles. The molecule has 6 rings (SSSR count). The normalized spacial score (nSPS) is 19.2. The van der Waals surface area contributed by atoms with Crippen molar-refractivity contribution in [2.45, 2.75) is 88.8 Å². The molecular formula is C41H49N3O7SSi. The SMILES string of the molecule is CC(C)(C)[Si](OCC1(C#CC#Cc2cc3n(c2)C(=O)N(CC[C@](C)(C(=O)NOC2CCCCO2)S(C)(=O)=O)C3)CC1)(c1ccccc1)c1ccccc1. The lowest BCUT2D eigenvalue weighted by Crippen LogP contribution is -2.67. The van der Waals surface area contributed by atoms with Crippen LogP contribution in [0.2, 0.25) is 5.04 Å². The molecule has 1 saturated heterocycles. The highest BCUT2D eigenvalue weighted by Gasteiger charge is 2.53. The fraction of sp³-hybridized carbons (Fsp3) is 0.463. The molecule has 0 radical (unpaired) electrons. The summed E-state index contributed by atoms with van der Waals surface area (Å²) in [6.45, 7) is 9.53. The number of nitrogens with zero attached hydrogens (tertiary/aromatic N) is 2. The smallest absolute Gasteiger partial charge is 0.328 e. The van der Waals surface area contributed by atoms with Crippen LogP contribution in [0.1, 0.15) is 77.5 Å². The van der Waals surface area contributed by atoms with Crippen LogP contribution in [0.15, 0.2) is 72.9 Å². The molecule has 1 N–H and O–H groups in total. The maximum absolute atomic E-state index is 13.3. The third-order valence-electron chi connectivity index (χ3n) is 10.7. The lowest BCUT2D eigenvalue weighted by Gasteiger charge is -2.43. The number of benzene rings is 2. The molecule has 1 unspecified atom stereocenters. The van der Waals surface area contributed by atoms with Gasteiger partial charge in [-0.3, -0.25) is 9.36 Å². The second kappa shape index (κ2) is 15.3. The van der Waals surface area contributed by atoms with E-state index in [9.17, 15) is 18.0 Å². The van der Waals surface area contributed by atoms with Crippen LogP contribution in [0.4, 0.5) is 4.79 Å². The highest BCUT2D eigenvalue weighted by Crippen LogP contribution is 2.47. The molecular weight excluding hydrogens is 707 g/mol. The van der Waals surface area contributed by atoms with Crippen molar-refractivity contribution < 1.29 is 32.0 Å². The Bertz CT molecular complexity index is 2010. The van der Waals surface area contributed by atoms with Gasteiger partial charge in [0.2, 0.25) is 0 Å².